The van der Waals surface area contributed by atoms with Crippen LogP contribution in [0.1, 0.15) is 40.0 Å². The summed E-state index contributed by atoms with van der Waals surface area (Å²) < 4.78 is 1.38. The number of anilines is 1. The standard InChI is InChI=1S/C23H25N3O4/c1-14-6-4-5-7-18(14)20(16(3)13-27)25-21-22(28)26(11-10-24-21)19-12-17(23(29)30)9-8-15(19)2/h4-12,16,20,27H,13H2,1-3H3,(H,24,25)(H,29,30)/t16-,20+/m0/s1. The number of hydrogen-bond acceptors (Lipinski definition) is 5. The Labute approximate surface area is 174 Å². The topological polar surface area (TPSA) is 104 Å². The first-order valence-electron chi connectivity index (χ1n) is 9.68. The average molecular weight is 407 g/mol. The highest BCUT2D eigenvalue weighted by Gasteiger charge is 2.22. The maximum absolute atomic E-state index is 13.2. The van der Waals surface area contributed by atoms with Crippen molar-refractivity contribution in [1.29, 1.82) is 0 Å². The molecule has 2 atom stereocenters. The number of benzene rings is 2. The Balaban J connectivity index is 2.07. The molecule has 30 heavy (non-hydrogen) atoms. The molecule has 0 unspecified atom stereocenters. The number of aromatic nitrogens is 2. The van der Waals surface area contributed by atoms with Gasteiger partial charge >= 0.3 is 5.97 Å². The lowest BCUT2D eigenvalue weighted by Gasteiger charge is -2.26. The first kappa shape index (κ1) is 21.3. The van der Waals surface area contributed by atoms with Crippen molar-refractivity contribution in [3.05, 3.63) is 87.5 Å². The minimum atomic E-state index is -1.06. The van der Waals surface area contributed by atoms with Gasteiger partial charge in [0, 0.05) is 24.9 Å². The molecule has 3 rings (SSSR count). The molecule has 0 spiro atoms. The fourth-order valence-electron chi connectivity index (χ4n) is 3.42. The van der Waals surface area contributed by atoms with E-state index in [1.165, 1.54) is 29.1 Å². The molecule has 0 bridgehead atoms. The van der Waals surface area contributed by atoms with E-state index in [1.807, 2.05) is 45.0 Å². The molecule has 0 saturated carbocycles. The second-order valence-electron chi connectivity index (χ2n) is 7.40. The number of nitrogens with zero attached hydrogens (tertiary/aromatic N) is 2. The van der Waals surface area contributed by atoms with Crippen molar-refractivity contribution in [2.75, 3.05) is 11.9 Å². The average Bonchev–Trinajstić information content (AvgIpc) is 2.73. The van der Waals surface area contributed by atoms with E-state index in [0.717, 1.165) is 16.7 Å². The van der Waals surface area contributed by atoms with Gasteiger partial charge < -0.3 is 15.5 Å². The Morgan fingerprint density at radius 1 is 1.17 bits per heavy atom. The number of carboxylic acids is 1. The van der Waals surface area contributed by atoms with Gasteiger partial charge in [0.1, 0.15) is 0 Å². The predicted octanol–water partition coefficient (Wildman–Crippen LogP) is 3.33. The van der Waals surface area contributed by atoms with Crippen LogP contribution in [-0.4, -0.2) is 32.3 Å². The number of aryl methyl sites for hydroxylation is 2. The molecule has 0 radical (unpaired) electrons. The van der Waals surface area contributed by atoms with Gasteiger partial charge in [-0.1, -0.05) is 37.3 Å². The van der Waals surface area contributed by atoms with Crippen molar-refractivity contribution in [1.82, 2.24) is 9.55 Å². The molecular formula is C23H25N3O4. The van der Waals surface area contributed by atoms with Crippen LogP contribution in [0, 0.1) is 19.8 Å². The number of aliphatic hydroxyl groups excluding tert-OH is 1. The molecule has 1 heterocycles. The smallest absolute Gasteiger partial charge is 0.335 e. The summed E-state index contributed by atoms with van der Waals surface area (Å²) >= 11 is 0. The minimum absolute atomic E-state index is 0.0627. The number of aromatic carboxylic acids is 1. The summed E-state index contributed by atoms with van der Waals surface area (Å²) in [4.78, 5) is 28.8. The van der Waals surface area contributed by atoms with Crippen molar-refractivity contribution in [3.8, 4) is 5.69 Å². The molecule has 0 fully saturated rings. The first-order chi connectivity index (χ1) is 14.3. The number of hydrogen-bond donors (Lipinski definition) is 3. The van der Waals surface area contributed by atoms with Gasteiger partial charge in [0.25, 0.3) is 5.56 Å². The van der Waals surface area contributed by atoms with Gasteiger partial charge in [0.15, 0.2) is 5.82 Å². The van der Waals surface area contributed by atoms with Crippen LogP contribution in [0.5, 0.6) is 0 Å². The van der Waals surface area contributed by atoms with Gasteiger partial charge in [-0.25, -0.2) is 9.78 Å². The summed E-state index contributed by atoms with van der Waals surface area (Å²) in [6.45, 7) is 5.62. The van der Waals surface area contributed by atoms with Crippen molar-refractivity contribution < 1.29 is 15.0 Å². The van der Waals surface area contributed by atoms with E-state index in [-0.39, 0.29) is 29.9 Å². The van der Waals surface area contributed by atoms with Crippen LogP contribution in [0.15, 0.2) is 59.7 Å². The molecule has 7 heteroatoms. The van der Waals surface area contributed by atoms with Crippen molar-refractivity contribution >= 4 is 11.8 Å². The molecule has 0 aliphatic carbocycles. The van der Waals surface area contributed by atoms with Gasteiger partial charge in [-0.15, -0.1) is 0 Å². The van der Waals surface area contributed by atoms with Crippen LogP contribution in [0.4, 0.5) is 5.82 Å². The number of carbonyl (C=O) groups is 1. The Bertz CT molecular complexity index is 1120. The van der Waals surface area contributed by atoms with Gasteiger partial charge in [-0.2, -0.15) is 0 Å². The molecule has 156 valence electrons. The number of aliphatic hydroxyl groups is 1. The fraction of sp³-hybridized carbons (Fsp3) is 0.261. The molecule has 3 aromatic rings. The molecule has 0 saturated heterocycles. The second-order valence-corrected chi connectivity index (χ2v) is 7.40. The summed E-state index contributed by atoms with van der Waals surface area (Å²) in [6.07, 6.45) is 3.01. The molecule has 2 aromatic carbocycles. The normalized spacial score (nSPS) is 12.9. The van der Waals surface area contributed by atoms with E-state index < -0.39 is 11.5 Å². The van der Waals surface area contributed by atoms with Crippen molar-refractivity contribution in [2.45, 2.75) is 26.8 Å². The van der Waals surface area contributed by atoms with Crippen LogP contribution in [0.2, 0.25) is 0 Å². The molecule has 0 aliphatic rings. The molecule has 7 nitrogen and oxygen atoms in total. The van der Waals surface area contributed by atoms with Crippen LogP contribution in [0.25, 0.3) is 5.69 Å². The third-order valence-corrected chi connectivity index (χ3v) is 5.23. The second kappa shape index (κ2) is 8.92. The monoisotopic (exact) mass is 407 g/mol. The van der Waals surface area contributed by atoms with Crippen LogP contribution >= 0.6 is 0 Å². The highest BCUT2D eigenvalue weighted by atomic mass is 16.4. The van der Waals surface area contributed by atoms with Crippen LogP contribution < -0.4 is 10.9 Å². The molecule has 0 aliphatic heterocycles. The van der Waals surface area contributed by atoms with Gasteiger partial charge in [0.05, 0.1) is 17.3 Å². The van der Waals surface area contributed by atoms with Crippen LogP contribution in [-0.2, 0) is 0 Å². The van der Waals surface area contributed by atoms with E-state index >= 15 is 0 Å². The minimum Gasteiger partial charge on any atom is -0.478 e. The van der Waals surface area contributed by atoms with Crippen molar-refractivity contribution in [3.63, 3.8) is 0 Å². The maximum Gasteiger partial charge on any atom is 0.335 e. The van der Waals surface area contributed by atoms with Gasteiger partial charge in [-0.3, -0.25) is 9.36 Å². The SMILES string of the molecule is Cc1ccccc1[C@H](Nc1nccn(-c2cc(C(=O)O)ccc2C)c1=O)[C@@H](C)CO. The summed E-state index contributed by atoms with van der Waals surface area (Å²) in [6, 6.07) is 12.1. The number of rotatable bonds is 7. The maximum atomic E-state index is 13.2. The van der Waals surface area contributed by atoms with Crippen LogP contribution in [0.3, 0.4) is 0 Å². The number of carboxylic acid groups (broad SMARTS) is 1. The predicted molar refractivity (Wildman–Crippen MR) is 115 cm³/mol. The molecule has 1 aromatic heterocycles. The van der Waals surface area contributed by atoms with E-state index in [0.29, 0.717) is 5.69 Å². The summed E-state index contributed by atoms with van der Waals surface area (Å²) in [5.74, 6) is -1.10. The Hall–Kier alpha value is -3.45. The number of nitrogens with one attached hydrogen (secondary N) is 1. The Kier molecular flexibility index (Phi) is 6.32. The van der Waals surface area contributed by atoms with E-state index in [4.69, 9.17) is 0 Å². The Morgan fingerprint density at radius 2 is 1.90 bits per heavy atom. The highest BCUT2D eigenvalue weighted by molar-refractivity contribution is 5.88. The third-order valence-electron chi connectivity index (χ3n) is 5.23. The van der Waals surface area contributed by atoms with E-state index in [9.17, 15) is 19.8 Å². The Morgan fingerprint density at radius 3 is 2.57 bits per heavy atom. The molecular weight excluding hydrogens is 382 g/mol. The lowest BCUT2D eigenvalue weighted by molar-refractivity contribution is 0.0697. The summed E-state index contributed by atoms with van der Waals surface area (Å²) in [7, 11) is 0. The molecule has 3 N–H and O–H groups in total. The first-order valence-corrected chi connectivity index (χ1v) is 9.68. The summed E-state index contributed by atoms with van der Waals surface area (Å²) in [5, 5.41) is 22.3. The third kappa shape index (κ3) is 4.26. The van der Waals surface area contributed by atoms with E-state index in [1.54, 1.807) is 6.07 Å². The quantitative estimate of drug-likeness (QED) is 0.555. The zero-order valence-electron chi connectivity index (χ0n) is 17.2. The van der Waals surface area contributed by atoms with E-state index in [2.05, 4.69) is 10.3 Å². The zero-order valence-corrected chi connectivity index (χ0v) is 17.2. The van der Waals surface area contributed by atoms with Crippen molar-refractivity contribution in [2.24, 2.45) is 5.92 Å². The highest BCUT2D eigenvalue weighted by Crippen LogP contribution is 2.27. The molecule has 0 amide bonds. The fourth-order valence-corrected chi connectivity index (χ4v) is 3.42. The van der Waals surface area contributed by atoms with Gasteiger partial charge in [-0.05, 0) is 42.7 Å². The van der Waals surface area contributed by atoms with Gasteiger partial charge in [0.2, 0.25) is 0 Å². The summed E-state index contributed by atoms with van der Waals surface area (Å²) in [5.41, 5.74) is 2.95. The lowest BCUT2D eigenvalue weighted by atomic mass is 9.92. The zero-order chi connectivity index (χ0) is 21.8. The largest absolute Gasteiger partial charge is 0.478 e. The lowest BCUT2D eigenvalue weighted by Crippen LogP contribution is -2.29.